The number of anilines is 1. The molecule has 4 nitrogen and oxygen atoms in total. The van der Waals surface area contributed by atoms with Crippen LogP contribution in [0.4, 0.5) is 5.95 Å². The third kappa shape index (κ3) is 2.89. The quantitative estimate of drug-likeness (QED) is 0.887. The van der Waals surface area contributed by atoms with Crippen molar-refractivity contribution in [2.24, 2.45) is 0 Å². The fraction of sp³-hybridized carbons (Fsp3) is 0.400. The Hall–Kier alpha value is -1.97. The van der Waals surface area contributed by atoms with Crippen molar-refractivity contribution >= 4 is 5.95 Å². The molecule has 1 aromatic heterocycles. The summed E-state index contributed by atoms with van der Waals surface area (Å²) in [7, 11) is 1.71. The van der Waals surface area contributed by atoms with E-state index in [4.69, 9.17) is 10.5 Å². The number of nitrogens with zero attached hydrogens (tertiary/aromatic N) is 1. The average molecular weight is 259 g/mol. The monoisotopic (exact) mass is 259 g/mol. The van der Waals surface area contributed by atoms with E-state index in [2.05, 4.69) is 35.9 Å². The molecule has 0 radical (unpaired) electrons. The molecule has 0 amide bonds. The molecule has 1 aromatic carbocycles. The van der Waals surface area contributed by atoms with Gasteiger partial charge in [-0.1, -0.05) is 26.0 Å². The zero-order chi connectivity index (χ0) is 14.0. The molecule has 0 saturated heterocycles. The number of aryl methyl sites for hydroxylation is 1. The fourth-order valence-electron chi connectivity index (χ4n) is 2.23. The SMILES string of the molecule is COc1ccc(Cc2nc(N)[nH]c2C)cc1C(C)C. The summed E-state index contributed by atoms with van der Waals surface area (Å²) in [5.74, 6) is 1.85. The summed E-state index contributed by atoms with van der Waals surface area (Å²) in [5, 5.41) is 0. The normalized spacial score (nSPS) is 11.0. The van der Waals surface area contributed by atoms with E-state index in [9.17, 15) is 0 Å². The first-order valence-electron chi connectivity index (χ1n) is 6.49. The molecule has 0 saturated carbocycles. The number of nitrogens with one attached hydrogen (secondary N) is 1. The van der Waals surface area contributed by atoms with E-state index in [1.807, 2.05) is 13.0 Å². The number of hydrogen-bond acceptors (Lipinski definition) is 3. The van der Waals surface area contributed by atoms with Crippen molar-refractivity contribution in [3.63, 3.8) is 0 Å². The number of nitrogen functional groups attached to an aromatic ring is 1. The van der Waals surface area contributed by atoms with Crippen molar-refractivity contribution in [3.05, 3.63) is 40.7 Å². The number of methoxy groups -OCH3 is 1. The van der Waals surface area contributed by atoms with Crippen LogP contribution in [0, 0.1) is 6.92 Å². The smallest absolute Gasteiger partial charge is 0.197 e. The van der Waals surface area contributed by atoms with Gasteiger partial charge < -0.3 is 15.5 Å². The molecule has 0 atom stereocenters. The lowest BCUT2D eigenvalue weighted by Gasteiger charge is -2.13. The number of hydrogen-bond donors (Lipinski definition) is 2. The molecular formula is C15H21N3O. The van der Waals surface area contributed by atoms with Crippen LogP contribution in [-0.4, -0.2) is 17.1 Å². The maximum Gasteiger partial charge on any atom is 0.197 e. The molecule has 2 aromatic rings. The lowest BCUT2D eigenvalue weighted by molar-refractivity contribution is 0.407. The van der Waals surface area contributed by atoms with Gasteiger partial charge >= 0.3 is 0 Å². The van der Waals surface area contributed by atoms with Crippen molar-refractivity contribution in [2.45, 2.75) is 33.1 Å². The number of imidazole rings is 1. The highest BCUT2D eigenvalue weighted by Crippen LogP contribution is 2.28. The summed E-state index contributed by atoms with van der Waals surface area (Å²) in [6.45, 7) is 6.32. The third-order valence-corrected chi connectivity index (χ3v) is 3.29. The van der Waals surface area contributed by atoms with Gasteiger partial charge in [0.15, 0.2) is 5.95 Å². The zero-order valence-electron chi connectivity index (χ0n) is 11.9. The van der Waals surface area contributed by atoms with Crippen LogP contribution in [0.2, 0.25) is 0 Å². The molecule has 0 aliphatic rings. The van der Waals surface area contributed by atoms with Crippen LogP contribution in [0.1, 0.15) is 42.3 Å². The fourth-order valence-corrected chi connectivity index (χ4v) is 2.23. The Labute approximate surface area is 114 Å². The minimum absolute atomic E-state index is 0.431. The van der Waals surface area contributed by atoms with E-state index < -0.39 is 0 Å². The van der Waals surface area contributed by atoms with Gasteiger partial charge in [-0.15, -0.1) is 0 Å². The van der Waals surface area contributed by atoms with E-state index in [1.165, 1.54) is 11.1 Å². The number of ether oxygens (including phenoxy) is 1. The van der Waals surface area contributed by atoms with Gasteiger partial charge in [-0.2, -0.15) is 0 Å². The van der Waals surface area contributed by atoms with Crippen LogP contribution >= 0.6 is 0 Å². The van der Waals surface area contributed by atoms with E-state index in [0.29, 0.717) is 11.9 Å². The summed E-state index contributed by atoms with van der Waals surface area (Å²) >= 11 is 0. The standard InChI is InChI=1S/C15H21N3O/c1-9(2)12-7-11(5-6-14(12)19-4)8-13-10(3)17-15(16)18-13/h5-7,9H,8H2,1-4H3,(H3,16,17,18). The Morgan fingerprint density at radius 2 is 2.11 bits per heavy atom. The predicted octanol–water partition coefficient (Wildman–Crippen LogP) is 3.02. The van der Waals surface area contributed by atoms with Gasteiger partial charge in [-0.25, -0.2) is 4.98 Å². The van der Waals surface area contributed by atoms with Gasteiger partial charge in [0.05, 0.1) is 12.8 Å². The van der Waals surface area contributed by atoms with Crippen LogP contribution < -0.4 is 10.5 Å². The lowest BCUT2D eigenvalue weighted by atomic mass is 9.97. The number of nitrogens with two attached hydrogens (primary N) is 1. The average Bonchev–Trinajstić information content (AvgIpc) is 2.67. The highest BCUT2D eigenvalue weighted by Gasteiger charge is 2.11. The first-order chi connectivity index (χ1) is 9.01. The molecular weight excluding hydrogens is 238 g/mol. The van der Waals surface area contributed by atoms with Gasteiger partial charge in [0.1, 0.15) is 5.75 Å². The number of aromatic amines is 1. The Kier molecular flexibility index (Phi) is 3.79. The molecule has 0 fully saturated rings. The highest BCUT2D eigenvalue weighted by molar-refractivity contribution is 5.41. The van der Waals surface area contributed by atoms with E-state index in [0.717, 1.165) is 23.6 Å². The highest BCUT2D eigenvalue weighted by atomic mass is 16.5. The van der Waals surface area contributed by atoms with Gasteiger partial charge in [-0.3, -0.25) is 0 Å². The van der Waals surface area contributed by atoms with Crippen LogP contribution in [0.25, 0.3) is 0 Å². The second kappa shape index (κ2) is 5.34. The lowest BCUT2D eigenvalue weighted by Crippen LogP contribution is -1.98. The van der Waals surface area contributed by atoms with Crippen LogP contribution in [0.15, 0.2) is 18.2 Å². The van der Waals surface area contributed by atoms with Gasteiger partial charge in [0.25, 0.3) is 0 Å². The summed E-state index contributed by atoms with van der Waals surface area (Å²) < 4.78 is 5.40. The predicted molar refractivity (Wildman–Crippen MR) is 77.6 cm³/mol. The molecule has 1 heterocycles. The van der Waals surface area contributed by atoms with Crippen molar-refractivity contribution in [1.82, 2.24) is 9.97 Å². The molecule has 0 bridgehead atoms. The van der Waals surface area contributed by atoms with E-state index in [1.54, 1.807) is 7.11 Å². The Balaban J connectivity index is 2.31. The molecule has 0 spiro atoms. The molecule has 102 valence electrons. The Bertz CT molecular complexity index is 573. The second-order valence-electron chi connectivity index (χ2n) is 5.10. The molecule has 0 unspecified atom stereocenters. The maximum atomic E-state index is 5.67. The third-order valence-electron chi connectivity index (χ3n) is 3.29. The van der Waals surface area contributed by atoms with Crippen molar-refractivity contribution in [1.29, 1.82) is 0 Å². The molecule has 19 heavy (non-hydrogen) atoms. The van der Waals surface area contributed by atoms with Gasteiger partial charge in [0.2, 0.25) is 0 Å². The number of rotatable bonds is 4. The zero-order valence-corrected chi connectivity index (χ0v) is 11.9. The van der Waals surface area contributed by atoms with E-state index >= 15 is 0 Å². The van der Waals surface area contributed by atoms with Crippen LogP contribution in [0.5, 0.6) is 5.75 Å². The van der Waals surface area contributed by atoms with Crippen LogP contribution in [0.3, 0.4) is 0 Å². The maximum absolute atomic E-state index is 5.67. The summed E-state index contributed by atoms with van der Waals surface area (Å²) in [5.41, 5.74) is 10.1. The second-order valence-corrected chi connectivity index (χ2v) is 5.10. The first-order valence-corrected chi connectivity index (χ1v) is 6.49. The minimum Gasteiger partial charge on any atom is -0.496 e. The minimum atomic E-state index is 0.431. The number of H-pyrrole nitrogens is 1. The summed E-state index contributed by atoms with van der Waals surface area (Å²) in [6.07, 6.45) is 0.781. The van der Waals surface area contributed by atoms with Crippen molar-refractivity contribution < 1.29 is 4.74 Å². The van der Waals surface area contributed by atoms with Crippen molar-refractivity contribution in [2.75, 3.05) is 12.8 Å². The molecule has 3 N–H and O–H groups in total. The molecule has 2 rings (SSSR count). The summed E-state index contributed by atoms with van der Waals surface area (Å²) in [4.78, 5) is 7.34. The largest absolute Gasteiger partial charge is 0.496 e. The van der Waals surface area contributed by atoms with Crippen LogP contribution in [-0.2, 0) is 6.42 Å². The van der Waals surface area contributed by atoms with E-state index in [-0.39, 0.29) is 0 Å². The van der Waals surface area contributed by atoms with Gasteiger partial charge in [-0.05, 0) is 30.0 Å². The molecule has 0 aliphatic carbocycles. The number of benzene rings is 1. The Morgan fingerprint density at radius 1 is 1.37 bits per heavy atom. The Morgan fingerprint density at radius 3 is 2.63 bits per heavy atom. The topological polar surface area (TPSA) is 63.9 Å². The number of aromatic nitrogens is 2. The first kappa shape index (κ1) is 13.5. The molecule has 0 aliphatic heterocycles. The van der Waals surface area contributed by atoms with Crippen molar-refractivity contribution in [3.8, 4) is 5.75 Å². The summed E-state index contributed by atoms with van der Waals surface area (Å²) in [6, 6.07) is 6.29. The van der Waals surface area contributed by atoms with Gasteiger partial charge in [0, 0.05) is 12.1 Å². The molecule has 4 heteroatoms.